The van der Waals surface area contributed by atoms with Gasteiger partial charge in [-0.25, -0.2) is 0 Å². The van der Waals surface area contributed by atoms with Gasteiger partial charge in [-0.1, -0.05) is 12.1 Å². The van der Waals surface area contributed by atoms with Crippen molar-refractivity contribution in [2.45, 2.75) is 25.9 Å². The van der Waals surface area contributed by atoms with Gasteiger partial charge in [0.25, 0.3) is 0 Å². The molecule has 0 unspecified atom stereocenters. The Morgan fingerprint density at radius 3 is 2.57 bits per heavy atom. The number of para-hydroxylation sites is 1. The first kappa shape index (κ1) is 15.2. The molecular weight excluding hydrogens is 290 g/mol. The molecule has 0 saturated heterocycles. The highest BCUT2D eigenvalue weighted by molar-refractivity contribution is 5.50. The summed E-state index contributed by atoms with van der Waals surface area (Å²) in [7, 11) is 0. The van der Waals surface area contributed by atoms with Crippen LogP contribution in [0, 0.1) is 11.3 Å². The predicted octanol–water partition coefficient (Wildman–Crippen LogP) is 3.73. The molecule has 0 spiro atoms. The van der Waals surface area contributed by atoms with Gasteiger partial charge in [0.15, 0.2) is 11.5 Å². The van der Waals surface area contributed by atoms with E-state index < -0.39 is 0 Å². The second-order valence-electron chi connectivity index (χ2n) is 6.12. The third-order valence-corrected chi connectivity index (χ3v) is 3.65. The van der Waals surface area contributed by atoms with Crippen molar-refractivity contribution in [2.24, 2.45) is 0 Å². The van der Waals surface area contributed by atoms with E-state index in [-0.39, 0.29) is 5.60 Å². The number of hydrogen-bond acceptors (Lipinski definition) is 4. The molecule has 2 aromatic carbocycles. The van der Waals surface area contributed by atoms with Crippen LogP contribution in [0.4, 0.5) is 0 Å². The largest absolute Gasteiger partial charge is 0.490 e. The maximum atomic E-state index is 8.76. The van der Waals surface area contributed by atoms with Crippen LogP contribution < -0.4 is 14.2 Å². The van der Waals surface area contributed by atoms with E-state index >= 15 is 0 Å². The lowest BCUT2D eigenvalue weighted by molar-refractivity contribution is 0.130. The average Bonchev–Trinajstić information content (AvgIpc) is 2.86. The number of rotatable bonds is 5. The first-order chi connectivity index (χ1) is 11.1. The molecule has 0 fully saturated rings. The molecule has 3 rings (SSSR count). The van der Waals surface area contributed by atoms with Gasteiger partial charge in [0.05, 0.1) is 11.6 Å². The fourth-order valence-corrected chi connectivity index (χ4v) is 2.64. The van der Waals surface area contributed by atoms with Crippen LogP contribution in [0.15, 0.2) is 42.5 Å². The molecule has 0 N–H and O–H groups in total. The fourth-order valence-electron chi connectivity index (χ4n) is 2.64. The third kappa shape index (κ3) is 3.57. The van der Waals surface area contributed by atoms with Crippen LogP contribution in [0.5, 0.6) is 17.2 Å². The quantitative estimate of drug-likeness (QED) is 0.790. The molecule has 118 valence electrons. The number of nitriles is 1. The van der Waals surface area contributed by atoms with E-state index in [9.17, 15) is 0 Å². The summed E-state index contributed by atoms with van der Waals surface area (Å²) in [6, 6.07) is 15.1. The summed E-state index contributed by atoms with van der Waals surface area (Å²) in [5.74, 6) is 2.33. The minimum absolute atomic E-state index is 0.180. The van der Waals surface area contributed by atoms with Crippen LogP contribution in [0.1, 0.15) is 25.0 Å². The average molecular weight is 309 g/mol. The van der Waals surface area contributed by atoms with Gasteiger partial charge in [0.1, 0.15) is 24.6 Å². The monoisotopic (exact) mass is 309 g/mol. The molecule has 0 aromatic heterocycles. The lowest BCUT2D eigenvalue weighted by atomic mass is 10.0. The number of hydrogen-bond donors (Lipinski definition) is 0. The minimum atomic E-state index is -0.180. The van der Waals surface area contributed by atoms with E-state index in [0.29, 0.717) is 18.8 Å². The highest BCUT2D eigenvalue weighted by atomic mass is 16.6. The minimum Gasteiger partial charge on any atom is -0.490 e. The molecule has 4 heteroatoms. The molecule has 0 saturated carbocycles. The van der Waals surface area contributed by atoms with Gasteiger partial charge >= 0.3 is 0 Å². The van der Waals surface area contributed by atoms with Crippen LogP contribution in [-0.4, -0.2) is 18.8 Å². The molecule has 1 aliphatic rings. The second-order valence-corrected chi connectivity index (χ2v) is 6.12. The van der Waals surface area contributed by atoms with Crippen molar-refractivity contribution in [3.8, 4) is 23.3 Å². The Labute approximate surface area is 136 Å². The normalized spacial score (nSPS) is 14.5. The van der Waals surface area contributed by atoms with Gasteiger partial charge in [-0.3, -0.25) is 0 Å². The SMILES string of the molecule is CC1(C)Cc2cccc(OCCOc3ccc(C#N)cc3)c2O1. The van der Waals surface area contributed by atoms with Crippen molar-refractivity contribution < 1.29 is 14.2 Å². The van der Waals surface area contributed by atoms with Crippen LogP contribution in [0.25, 0.3) is 0 Å². The Morgan fingerprint density at radius 1 is 1.09 bits per heavy atom. The lowest BCUT2D eigenvalue weighted by Gasteiger charge is -2.18. The van der Waals surface area contributed by atoms with Crippen molar-refractivity contribution >= 4 is 0 Å². The number of benzene rings is 2. The molecule has 0 bridgehead atoms. The molecule has 0 amide bonds. The van der Waals surface area contributed by atoms with Crippen LogP contribution in [0.2, 0.25) is 0 Å². The summed E-state index contributed by atoms with van der Waals surface area (Å²) < 4.78 is 17.4. The molecule has 23 heavy (non-hydrogen) atoms. The van der Waals surface area contributed by atoms with Crippen LogP contribution >= 0.6 is 0 Å². The smallest absolute Gasteiger partial charge is 0.165 e. The molecule has 1 heterocycles. The zero-order valence-electron chi connectivity index (χ0n) is 13.3. The summed E-state index contributed by atoms with van der Waals surface area (Å²) in [5.41, 5.74) is 1.62. The van der Waals surface area contributed by atoms with Crippen LogP contribution in [-0.2, 0) is 6.42 Å². The van der Waals surface area contributed by atoms with E-state index in [1.807, 2.05) is 12.1 Å². The Bertz CT molecular complexity index is 729. The summed E-state index contributed by atoms with van der Waals surface area (Å²) >= 11 is 0. The Hall–Kier alpha value is -2.67. The summed E-state index contributed by atoms with van der Waals surface area (Å²) in [6.45, 7) is 5.01. The number of nitrogens with zero attached hydrogens (tertiary/aromatic N) is 1. The lowest BCUT2D eigenvalue weighted by Crippen LogP contribution is -2.24. The first-order valence-corrected chi connectivity index (χ1v) is 7.64. The van der Waals surface area contributed by atoms with Crippen LogP contribution in [0.3, 0.4) is 0 Å². The zero-order valence-corrected chi connectivity index (χ0v) is 13.3. The topological polar surface area (TPSA) is 51.5 Å². The molecule has 2 aromatic rings. The van der Waals surface area contributed by atoms with Crippen molar-refractivity contribution in [3.63, 3.8) is 0 Å². The van der Waals surface area contributed by atoms with Gasteiger partial charge in [-0.2, -0.15) is 5.26 Å². The third-order valence-electron chi connectivity index (χ3n) is 3.65. The van der Waals surface area contributed by atoms with Gasteiger partial charge in [-0.15, -0.1) is 0 Å². The number of fused-ring (bicyclic) bond motifs is 1. The van der Waals surface area contributed by atoms with Crippen molar-refractivity contribution in [1.82, 2.24) is 0 Å². The maximum absolute atomic E-state index is 8.76. The highest BCUT2D eigenvalue weighted by Crippen LogP contribution is 2.41. The van der Waals surface area contributed by atoms with Gasteiger partial charge in [0, 0.05) is 12.0 Å². The Morgan fingerprint density at radius 2 is 1.83 bits per heavy atom. The summed E-state index contributed by atoms with van der Waals surface area (Å²) in [6.07, 6.45) is 0.890. The van der Waals surface area contributed by atoms with E-state index in [4.69, 9.17) is 19.5 Å². The van der Waals surface area contributed by atoms with E-state index in [1.165, 1.54) is 5.56 Å². The van der Waals surface area contributed by atoms with Gasteiger partial charge in [0.2, 0.25) is 0 Å². The first-order valence-electron chi connectivity index (χ1n) is 7.64. The van der Waals surface area contributed by atoms with Crippen molar-refractivity contribution in [3.05, 3.63) is 53.6 Å². The van der Waals surface area contributed by atoms with Gasteiger partial charge in [-0.05, 0) is 44.2 Å². The molecule has 1 aliphatic heterocycles. The molecule has 4 nitrogen and oxygen atoms in total. The standard InChI is InChI=1S/C19H19NO3/c1-19(2)12-15-4-3-5-17(18(15)23-19)22-11-10-21-16-8-6-14(13-20)7-9-16/h3-9H,10-12H2,1-2H3. The maximum Gasteiger partial charge on any atom is 0.165 e. The van der Waals surface area contributed by atoms with E-state index in [2.05, 4.69) is 26.0 Å². The number of ether oxygens (including phenoxy) is 3. The molecule has 0 atom stereocenters. The van der Waals surface area contributed by atoms with E-state index in [0.717, 1.165) is 23.7 Å². The van der Waals surface area contributed by atoms with Gasteiger partial charge < -0.3 is 14.2 Å². The highest BCUT2D eigenvalue weighted by Gasteiger charge is 2.32. The Balaban J connectivity index is 1.54. The fraction of sp³-hybridized carbons (Fsp3) is 0.316. The predicted molar refractivity (Wildman–Crippen MR) is 87.0 cm³/mol. The van der Waals surface area contributed by atoms with Crippen molar-refractivity contribution in [1.29, 1.82) is 5.26 Å². The molecular formula is C19H19NO3. The molecule has 0 radical (unpaired) electrons. The Kier molecular flexibility index (Phi) is 4.12. The summed E-state index contributed by atoms with van der Waals surface area (Å²) in [5, 5.41) is 8.76. The second kappa shape index (κ2) is 6.21. The zero-order chi connectivity index (χ0) is 16.3. The summed E-state index contributed by atoms with van der Waals surface area (Å²) in [4.78, 5) is 0. The van der Waals surface area contributed by atoms with E-state index in [1.54, 1.807) is 24.3 Å². The molecule has 0 aliphatic carbocycles. The van der Waals surface area contributed by atoms with Crippen molar-refractivity contribution in [2.75, 3.05) is 13.2 Å².